The van der Waals surface area contributed by atoms with Crippen LogP contribution in [0, 0.1) is 0 Å². The minimum atomic E-state index is 0.821. The van der Waals surface area contributed by atoms with Crippen LogP contribution >= 0.6 is 11.3 Å². The summed E-state index contributed by atoms with van der Waals surface area (Å²) in [7, 11) is 0. The molecular formula is C24H44S. The fraction of sp³-hybridized carbons (Fsp3) is 0.833. The van der Waals surface area contributed by atoms with Crippen LogP contribution in [-0.4, -0.2) is 0 Å². The Morgan fingerprint density at radius 2 is 1.16 bits per heavy atom. The third-order valence-electron chi connectivity index (χ3n) is 5.59. The standard InChI is InChI=1S/C24H44S/c1-3-5-6-7-8-9-10-11-12-13-14-15-16-17-18-20-23(4-2)24-21-19-22-25-24/h19,21-23H,3-18,20H2,1-2H3. The molecule has 0 N–H and O–H groups in total. The van der Waals surface area contributed by atoms with Gasteiger partial charge in [-0.25, -0.2) is 0 Å². The molecular weight excluding hydrogens is 320 g/mol. The van der Waals surface area contributed by atoms with Crippen molar-refractivity contribution in [2.75, 3.05) is 0 Å². The quantitative estimate of drug-likeness (QED) is 0.227. The lowest BCUT2D eigenvalue weighted by Gasteiger charge is -2.12. The van der Waals surface area contributed by atoms with Crippen molar-refractivity contribution in [3.63, 3.8) is 0 Å². The highest BCUT2D eigenvalue weighted by Crippen LogP contribution is 2.29. The summed E-state index contributed by atoms with van der Waals surface area (Å²) in [5.41, 5.74) is 0. The summed E-state index contributed by atoms with van der Waals surface area (Å²) in [5, 5.41) is 2.23. The van der Waals surface area contributed by atoms with Gasteiger partial charge in [0.1, 0.15) is 0 Å². The molecule has 1 unspecified atom stereocenters. The Hall–Kier alpha value is -0.300. The predicted molar refractivity (Wildman–Crippen MR) is 117 cm³/mol. The first-order valence-electron chi connectivity index (χ1n) is 11.4. The Morgan fingerprint density at radius 1 is 0.680 bits per heavy atom. The summed E-state index contributed by atoms with van der Waals surface area (Å²) in [4.78, 5) is 1.60. The summed E-state index contributed by atoms with van der Waals surface area (Å²) in [5.74, 6) is 0.821. The van der Waals surface area contributed by atoms with Crippen LogP contribution in [0.1, 0.15) is 134 Å². The zero-order valence-electron chi connectivity index (χ0n) is 17.2. The third kappa shape index (κ3) is 12.7. The van der Waals surface area contributed by atoms with Crippen molar-refractivity contribution in [1.29, 1.82) is 0 Å². The number of thiophene rings is 1. The van der Waals surface area contributed by atoms with Crippen molar-refractivity contribution in [3.8, 4) is 0 Å². The molecule has 0 aliphatic carbocycles. The number of hydrogen-bond donors (Lipinski definition) is 0. The van der Waals surface area contributed by atoms with E-state index in [2.05, 4.69) is 31.4 Å². The van der Waals surface area contributed by atoms with Crippen molar-refractivity contribution in [1.82, 2.24) is 0 Å². The summed E-state index contributed by atoms with van der Waals surface area (Å²) in [6, 6.07) is 4.53. The molecule has 0 radical (unpaired) electrons. The van der Waals surface area contributed by atoms with E-state index in [4.69, 9.17) is 0 Å². The molecule has 1 rings (SSSR count). The minimum absolute atomic E-state index is 0.821. The normalized spacial score (nSPS) is 12.6. The first kappa shape index (κ1) is 22.7. The van der Waals surface area contributed by atoms with E-state index < -0.39 is 0 Å². The monoisotopic (exact) mass is 364 g/mol. The van der Waals surface area contributed by atoms with E-state index in [0.717, 1.165) is 5.92 Å². The topological polar surface area (TPSA) is 0 Å². The average molecular weight is 365 g/mol. The molecule has 1 aromatic heterocycles. The summed E-state index contributed by atoms with van der Waals surface area (Å²) >= 11 is 1.94. The molecule has 0 fully saturated rings. The van der Waals surface area contributed by atoms with Crippen LogP contribution in [0.3, 0.4) is 0 Å². The van der Waals surface area contributed by atoms with E-state index in [1.807, 2.05) is 11.3 Å². The molecule has 146 valence electrons. The molecule has 0 aliphatic heterocycles. The van der Waals surface area contributed by atoms with Gasteiger partial charge in [-0.15, -0.1) is 11.3 Å². The molecule has 25 heavy (non-hydrogen) atoms. The zero-order chi connectivity index (χ0) is 18.0. The smallest absolute Gasteiger partial charge is 0.00760 e. The molecule has 0 amide bonds. The van der Waals surface area contributed by atoms with Gasteiger partial charge in [0.15, 0.2) is 0 Å². The summed E-state index contributed by atoms with van der Waals surface area (Å²) in [6.45, 7) is 4.64. The van der Waals surface area contributed by atoms with Gasteiger partial charge in [-0.2, -0.15) is 0 Å². The molecule has 0 nitrogen and oxygen atoms in total. The Labute approximate surface area is 162 Å². The molecule has 1 aromatic rings. The second-order valence-electron chi connectivity index (χ2n) is 7.86. The number of rotatable bonds is 18. The highest BCUT2D eigenvalue weighted by Gasteiger charge is 2.09. The maximum absolute atomic E-state index is 2.34. The zero-order valence-corrected chi connectivity index (χ0v) is 18.1. The molecule has 0 saturated heterocycles. The van der Waals surface area contributed by atoms with Crippen LogP contribution in [0.2, 0.25) is 0 Å². The van der Waals surface area contributed by atoms with Crippen molar-refractivity contribution < 1.29 is 0 Å². The average Bonchev–Trinajstić information content (AvgIpc) is 3.16. The first-order chi connectivity index (χ1) is 12.4. The lowest BCUT2D eigenvalue weighted by molar-refractivity contribution is 0.514. The van der Waals surface area contributed by atoms with Crippen molar-refractivity contribution in [2.45, 2.75) is 129 Å². The van der Waals surface area contributed by atoms with Gasteiger partial charge in [0.2, 0.25) is 0 Å². The second kappa shape index (κ2) is 17.1. The van der Waals surface area contributed by atoms with Crippen LogP contribution in [0.4, 0.5) is 0 Å². The van der Waals surface area contributed by atoms with E-state index in [9.17, 15) is 0 Å². The van der Waals surface area contributed by atoms with E-state index in [1.54, 1.807) is 4.88 Å². The molecule has 0 aromatic carbocycles. The van der Waals surface area contributed by atoms with Crippen LogP contribution in [-0.2, 0) is 0 Å². The molecule has 1 heteroatoms. The molecule has 0 aliphatic rings. The Morgan fingerprint density at radius 3 is 1.56 bits per heavy atom. The van der Waals surface area contributed by atoms with Crippen molar-refractivity contribution in [2.24, 2.45) is 0 Å². The van der Waals surface area contributed by atoms with E-state index in [0.29, 0.717) is 0 Å². The van der Waals surface area contributed by atoms with Crippen LogP contribution in [0.25, 0.3) is 0 Å². The Balaban J connectivity index is 1.79. The van der Waals surface area contributed by atoms with Gasteiger partial charge in [-0.3, -0.25) is 0 Å². The van der Waals surface area contributed by atoms with Crippen LogP contribution < -0.4 is 0 Å². The van der Waals surface area contributed by atoms with Crippen molar-refractivity contribution >= 4 is 11.3 Å². The first-order valence-corrected chi connectivity index (χ1v) is 12.3. The van der Waals surface area contributed by atoms with E-state index >= 15 is 0 Å². The third-order valence-corrected chi connectivity index (χ3v) is 6.63. The number of unbranched alkanes of at least 4 members (excludes halogenated alkanes) is 14. The van der Waals surface area contributed by atoms with Gasteiger partial charge in [-0.05, 0) is 30.2 Å². The van der Waals surface area contributed by atoms with Crippen LogP contribution in [0.15, 0.2) is 17.5 Å². The van der Waals surface area contributed by atoms with Crippen LogP contribution in [0.5, 0.6) is 0 Å². The fourth-order valence-electron chi connectivity index (χ4n) is 3.83. The highest BCUT2D eigenvalue weighted by atomic mass is 32.1. The lowest BCUT2D eigenvalue weighted by Crippen LogP contribution is -1.94. The molecule has 1 atom stereocenters. The van der Waals surface area contributed by atoms with E-state index in [-0.39, 0.29) is 0 Å². The van der Waals surface area contributed by atoms with Gasteiger partial charge in [-0.1, -0.05) is 116 Å². The second-order valence-corrected chi connectivity index (χ2v) is 8.84. The van der Waals surface area contributed by atoms with Gasteiger partial charge >= 0.3 is 0 Å². The highest BCUT2D eigenvalue weighted by molar-refractivity contribution is 7.10. The maximum atomic E-state index is 2.34. The number of hydrogen-bond acceptors (Lipinski definition) is 1. The largest absolute Gasteiger partial charge is 0.149 e. The molecule has 0 spiro atoms. The van der Waals surface area contributed by atoms with Crippen molar-refractivity contribution in [3.05, 3.63) is 22.4 Å². The van der Waals surface area contributed by atoms with Gasteiger partial charge < -0.3 is 0 Å². The summed E-state index contributed by atoms with van der Waals surface area (Å²) in [6.07, 6.45) is 24.6. The van der Waals surface area contributed by atoms with Gasteiger partial charge in [0.05, 0.1) is 0 Å². The predicted octanol–water partition coefficient (Wildman–Crippen LogP) is 9.50. The van der Waals surface area contributed by atoms with E-state index in [1.165, 1.54) is 109 Å². The Kier molecular flexibility index (Phi) is 15.6. The molecule has 1 heterocycles. The SMILES string of the molecule is CCCCCCCCCCCCCCCCCC(CC)c1cccs1. The summed E-state index contributed by atoms with van der Waals surface area (Å²) < 4.78 is 0. The van der Waals surface area contributed by atoms with Gasteiger partial charge in [0.25, 0.3) is 0 Å². The molecule has 0 bridgehead atoms. The minimum Gasteiger partial charge on any atom is -0.149 e. The Bertz CT molecular complexity index is 354. The fourth-order valence-corrected chi connectivity index (χ4v) is 4.78. The lowest BCUT2D eigenvalue weighted by atomic mass is 9.96. The molecule has 0 saturated carbocycles. The maximum Gasteiger partial charge on any atom is 0.00760 e. The van der Waals surface area contributed by atoms with Gasteiger partial charge in [0, 0.05) is 4.88 Å².